The lowest BCUT2D eigenvalue weighted by Gasteiger charge is -2.21. The van der Waals surface area contributed by atoms with Crippen molar-refractivity contribution in [3.63, 3.8) is 0 Å². The van der Waals surface area contributed by atoms with E-state index in [0.717, 1.165) is 11.3 Å². The second-order valence-electron chi connectivity index (χ2n) is 8.00. The molecule has 0 fully saturated rings. The molecule has 0 heterocycles. The van der Waals surface area contributed by atoms with E-state index in [0.29, 0.717) is 34.5 Å². The van der Waals surface area contributed by atoms with Gasteiger partial charge in [0.05, 0.1) is 16.5 Å². The van der Waals surface area contributed by atoms with Gasteiger partial charge < -0.3 is 10.6 Å². The maximum Gasteiger partial charge on any atom is 0.237 e. The summed E-state index contributed by atoms with van der Waals surface area (Å²) in [6.45, 7) is 3.72. The fourth-order valence-corrected chi connectivity index (χ4v) is 4.68. The minimum atomic E-state index is -0.460. The van der Waals surface area contributed by atoms with Crippen molar-refractivity contribution in [2.24, 2.45) is 0 Å². The van der Waals surface area contributed by atoms with E-state index in [4.69, 9.17) is 0 Å². The highest BCUT2D eigenvalue weighted by Crippen LogP contribution is 2.33. The van der Waals surface area contributed by atoms with Crippen LogP contribution in [0.5, 0.6) is 0 Å². The van der Waals surface area contributed by atoms with Crippen molar-refractivity contribution < 1.29 is 19.2 Å². The van der Waals surface area contributed by atoms with Gasteiger partial charge in [0.25, 0.3) is 0 Å². The van der Waals surface area contributed by atoms with Gasteiger partial charge in [0.1, 0.15) is 0 Å². The molecule has 1 aliphatic carbocycles. The summed E-state index contributed by atoms with van der Waals surface area (Å²) in [6.07, 6.45) is 1.25. The van der Waals surface area contributed by atoms with Gasteiger partial charge in [0, 0.05) is 33.7 Å². The van der Waals surface area contributed by atoms with Crippen LogP contribution in [0.2, 0.25) is 0 Å². The molecule has 7 heteroatoms. The van der Waals surface area contributed by atoms with E-state index >= 15 is 0 Å². The van der Waals surface area contributed by atoms with Gasteiger partial charge in [-0.05, 0) is 43.7 Å². The minimum Gasteiger partial charge on any atom is -0.326 e. The molecule has 3 aromatic carbocycles. The quantitative estimate of drug-likeness (QED) is 0.355. The molecule has 0 bridgehead atoms. The summed E-state index contributed by atoms with van der Waals surface area (Å²) >= 11 is 1.36. The lowest BCUT2D eigenvalue weighted by Crippen LogP contribution is -2.27. The fourth-order valence-electron chi connectivity index (χ4n) is 3.81. The number of fused-ring (bicyclic) bond motifs is 2. The average molecular weight is 473 g/mol. The predicted octanol–water partition coefficient (Wildman–Crippen LogP) is 5.32. The normalized spacial score (nSPS) is 13.0. The first-order valence-electron chi connectivity index (χ1n) is 11.1. The molecule has 4 rings (SSSR count). The van der Waals surface area contributed by atoms with Crippen molar-refractivity contribution in [3.05, 3.63) is 89.0 Å². The summed E-state index contributed by atoms with van der Waals surface area (Å²) in [7, 11) is 0. The molecule has 0 radical (unpaired) electrons. The van der Waals surface area contributed by atoms with E-state index in [1.54, 1.807) is 61.5 Å². The Labute approximate surface area is 202 Å². The zero-order chi connectivity index (χ0) is 24.2. The molecule has 0 saturated carbocycles. The molecular weight excluding hydrogens is 448 g/mol. The van der Waals surface area contributed by atoms with Crippen LogP contribution in [0.25, 0.3) is 0 Å². The summed E-state index contributed by atoms with van der Waals surface area (Å²) in [4.78, 5) is 51.6. The second-order valence-corrected chi connectivity index (χ2v) is 9.42. The summed E-state index contributed by atoms with van der Waals surface area (Å²) in [6, 6.07) is 18.9. The zero-order valence-corrected chi connectivity index (χ0v) is 19.7. The van der Waals surface area contributed by atoms with Crippen molar-refractivity contribution in [1.29, 1.82) is 0 Å². The lowest BCUT2D eigenvalue weighted by atomic mass is 9.83. The Hall–Kier alpha value is -3.71. The standard InChI is InChI=1S/C27H24N2O4S/c1-3-7-23(30)28-17-12-14-18(15-13-17)34-16(2)27(33)29-22-11-6-10-21-24(22)26(32)20-9-5-4-8-19(20)25(21)31/h4-6,8-16H,3,7H2,1-2H3,(H,28,30)(H,29,33). The van der Waals surface area contributed by atoms with Gasteiger partial charge in [0.2, 0.25) is 11.8 Å². The number of hydrogen-bond donors (Lipinski definition) is 2. The molecule has 1 atom stereocenters. The van der Waals surface area contributed by atoms with Crippen LogP contribution in [-0.4, -0.2) is 28.6 Å². The number of carbonyl (C=O) groups is 4. The summed E-state index contributed by atoms with van der Waals surface area (Å²) in [5.74, 6) is -0.813. The topological polar surface area (TPSA) is 92.3 Å². The molecule has 1 unspecified atom stereocenters. The van der Waals surface area contributed by atoms with Crippen molar-refractivity contribution in [2.75, 3.05) is 10.6 Å². The number of benzene rings is 3. The van der Waals surface area contributed by atoms with Gasteiger partial charge in [-0.3, -0.25) is 19.2 Å². The van der Waals surface area contributed by atoms with Crippen LogP contribution in [0.3, 0.4) is 0 Å². The van der Waals surface area contributed by atoms with Crippen molar-refractivity contribution in [1.82, 2.24) is 0 Å². The van der Waals surface area contributed by atoms with Crippen LogP contribution >= 0.6 is 11.8 Å². The monoisotopic (exact) mass is 472 g/mol. The molecule has 34 heavy (non-hydrogen) atoms. The maximum atomic E-state index is 13.1. The number of anilines is 2. The molecule has 1 aliphatic rings. The highest BCUT2D eigenvalue weighted by Gasteiger charge is 2.32. The second kappa shape index (κ2) is 10.1. The minimum absolute atomic E-state index is 0.0301. The Morgan fingerprint density at radius 1 is 0.824 bits per heavy atom. The van der Waals surface area contributed by atoms with Gasteiger partial charge in [0.15, 0.2) is 11.6 Å². The Morgan fingerprint density at radius 2 is 1.47 bits per heavy atom. The van der Waals surface area contributed by atoms with E-state index in [1.165, 1.54) is 11.8 Å². The molecule has 6 nitrogen and oxygen atoms in total. The van der Waals surface area contributed by atoms with Crippen LogP contribution in [0, 0.1) is 0 Å². The van der Waals surface area contributed by atoms with Gasteiger partial charge >= 0.3 is 0 Å². The van der Waals surface area contributed by atoms with Crippen LogP contribution in [0.15, 0.2) is 71.6 Å². The smallest absolute Gasteiger partial charge is 0.237 e. The van der Waals surface area contributed by atoms with Gasteiger partial charge in [-0.2, -0.15) is 0 Å². The van der Waals surface area contributed by atoms with Gasteiger partial charge in [-0.25, -0.2) is 0 Å². The molecule has 2 amide bonds. The third-order valence-electron chi connectivity index (χ3n) is 5.51. The lowest BCUT2D eigenvalue weighted by molar-refractivity contribution is -0.116. The van der Waals surface area contributed by atoms with E-state index < -0.39 is 5.25 Å². The number of ketones is 2. The average Bonchev–Trinajstić information content (AvgIpc) is 2.83. The van der Waals surface area contributed by atoms with E-state index in [9.17, 15) is 19.2 Å². The molecular formula is C27H24N2O4S. The first-order chi connectivity index (χ1) is 16.4. The van der Waals surface area contributed by atoms with Crippen molar-refractivity contribution >= 4 is 46.5 Å². The van der Waals surface area contributed by atoms with E-state index in [-0.39, 0.29) is 28.9 Å². The largest absolute Gasteiger partial charge is 0.326 e. The number of rotatable bonds is 7. The van der Waals surface area contributed by atoms with Crippen LogP contribution in [0.1, 0.15) is 58.5 Å². The molecule has 2 N–H and O–H groups in total. The molecule has 0 aromatic heterocycles. The number of thioether (sulfide) groups is 1. The summed E-state index contributed by atoms with van der Waals surface area (Å²) < 4.78 is 0. The van der Waals surface area contributed by atoms with Crippen molar-refractivity contribution in [3.8, 4) is 0 Å². The third-order valence-corrected chi connectivity index (χ3v) is 6.62. The fraction of sp³-hybridized carbons (Fsp3) is 0.185. The first-order valence-corrected chi connectivity index (χ1v) is 12.0. The summed E-state index contributed by atoms with van der Waals surface area (Å²) in [5, 5.41) is 5.21. The summed E-state index contributed by atoms with van der Waals surface area (Å²) in [5.41, 5.74) is 2.28. The first kappa shape index (κ1) is 23.4. The van der Waals surface area contributed by atoms with Crippen LogP contribution in [0.4, 0.5) is 11.4 Å². The third kappa shape index (κ3) is 4.79. The molecule has 0 saturated heterocycles. The zero-order valence-electron chi connectivity index (χ0n) is 18.9. The number of nitrogens with one attached hydrogen (secondary N) is 2. The molecule has 0 aliphatic heterocycles. The number of hydrogen-bond acceptors (Lipinski definition) is 5. The Bertz CT molecular complexity index is 1280. The SMILES string of the molecule is CCCC(=O)Nc1ccc(SC(C)C(=O)Nc2cccc3c2C(=O)c2ccccc2C3=O)cc1. The molecule has 172 valence electrons. The van der Waals surface area contributed by atoms with E-state index in [2.05, 4.69) is 10.6 Å². The maximum absolute atomic E-state index is 13.1. The highest BCUT2D eigenvalue weighted by molar-refractivity contribution is 8.00. The van der Waals surface area contributed by atoms with E-state index in [1.807, 2.05) is 19.1 Å². The number of amides is 2. The Balaban J connectivity index is 1.47. The number of carbonyl (C=O) groups excluding carboxylic acids is 4. The Kier molecular flexibility index (Phi) is 6.93. The Morgan fingerprint density at radius 3 is 2.15 bits per heavy atom. The van der Waals surface area contributed by atoms with Crippen LogP contribution < -0.4 is 10.6 Å². The van der Waals surface area contributed by atoms with Crippen LogP contribution in [-0.2, 0) is 9.59 Å². The highest BCUT2D eigenvalue weighted by atomic mass is 32.2. The molecule has 3 aromatic rings. The van der Waals surface area contributed by atoms with Crippen molar-refractivity contribution in [2.45, 2.75) is 36.8 Å². The van der Waals surface area contributed by atoms with Gasteiger partial charge in [-0.1, -0.05) is 43.3 Å². The molecule has 0 spiro atoms. The van der Waals surface area contributed by atoms with Gasteiger partial charge in [-0.15, -0.1) is 11.8 Å². The predicted molar refractivity (Wildman–Crippen MR) is 134 cm³/mol.